The normalized spacial score (nSPS) is 11.1. The van der Waals surface area contributed by atoms with Crippen LogP contribution in [0, 0.1) is 0 Å². The van der Waals surface area contributed by atoms with Crippen LogP contribution in [0.4, 0.5) is 0 Å². The van der Waals surface area contributed by atoms with E-state index in [0.717, 1.165) is 29.9 Å². The number of nitrogens with zero attached hydrogens (tertiary/aromatic N) is 4. The van der Waals surface area contributed by atoms with Crippen LogP contribution < -0.4 is 0 Å². The smallest absolute Gasteiger partial charge is 0.0983 e. The number of aliphatic hydroxyl groups is 1. The molecule has 24 heavy (non-hydrogen) atoms. The highest BCUT2D eigenvalue weighted by Crippen LogP contribution is 2.22. The number of aliphatic hydroxyl groups excluding tert-OH is 1. The van der Waals surface area contributed by atoms with Crippen molar-refractivity contribution in [2.24, 2.45) is 0 Å². The van der Waals surface area contributed by atoms with Gasteiger partial charge in [0, 0.05) is 42.8 Å². The molecule has 0 aliphatic rings. The Morgan fingerprint density at radius 1 is 1.12 bits per heavy atom. The van der Waals surface area contributed by atoms with Crippen LogP contribution in [0.5, 0.6) is 0 Å². The second kappa shape index (κ2) is 7.86. The third kappa shape index (κ3) is 4.07. The summed E-state index contributed by atoms with van der Waals surface area (Å²) in [5.74, 6) is 0. The lowest BCUT2D eigenvalue weighted by molar-refractivity contribution is 0.217. The minimum atomic E-state index is 0.150. The molecule has 0 unspecified atom stereocenters. The van der Waals surface area contributed by atoms with E-state index < -0.39 is 0 Å². The zero-order valence-electron chi connectivity index (χ0n) is 13.8. The monoisotopic (exact) mass is 322 g/mol. The number of pyridine rings is 1. The Morgan fingerprint density at radius 2 is 1.96 bits per heavy atom. The molecule has 0 fully saturated rings. The minimum absolute atomic E-state index is 0.150. The number of benzene rings is 1. The molecule has 0 bridgehead atoms. The van der Waals surface area contributed by atoms with Gasteiger partial charge in [-0.25, -0.2) is 0 Å². The summed E-state index contributed by atoms with van der Waals surface area (Å²) in [6.45, 7) is 2.25. The summed E-state index contributed by atoms with van der Waals surface area (Å²) < 4.78 is 1.97. The van der Waals surface area contributed by atoms with E-state index in [-0.39, 0.29) is 6.61 Å². The summed E-state index contributed by atoms with van der Waals surface area (Å²) in [5.41, 5.74) is 4.31. The van der Waals surface area contributed by atoms with Gasteiger partial charge in [0.1, 0.15) is 0 Å². The van der Waals surface area contributed by atoms with Crippen molar-refractivity contribution in [2.75, 3.05) is 20.2 Å². The summed E-state index contributed by atoms with van der Waals surface area (Å²) in [7, 11) is 2.00. The molecule has 0 saturated heterocycles. The fraction of sp³-hybridized carbons (Fsp3) is 0.263. The van der Waals surface area contributed by atoms with Crippen LogP contribution in [0.2, 0.25) is 0 Å². The molecular weight excluding hydrogens is 300 g/mol. The van der Waals surface area contributed by atoms with E-state index in [0.29, 0.717) is 6.54 Å². The first-order valence-corrected chi connectivity index (χ1v) is 8.06. The molecule has 3 aromatic rings. The SMILES string of the molecule is CN(CCO)Cc1cn(Cc2ccccc2)nc1-c1cccnc1. The molecule has 0 radical (unpaired) electrons. The molecule has 2 heterocycles. The van der Waals surface area contributed by atoms with Crippen molar-refractivity contribution < 1.29 is 5.11 Å². The van der Waals surface area contributed by atoms with Crippen molar-refractivity contribution in [3.8, 4) is 11.3 Å². The second-order valence-electron chi connectivity index (χ2n) is 5.89. The first-order valence-electron chi connectivity index (χ1n) is 8.06. The van der Waals surface area contributed by atoms with E-state index in [4.69, 9.17) is 10.2 Å². The van der Waals surface area contributed by atoms with E-state index >= 15 is 0 Å². The standard InChI is InChI=1S/C19H22N4O/c1-22(10-11-24)14-18-15-23(13-16-6-3-2-4-7-16)21-19(18)17-8-5-9-20-12-17/h2-9,12,15,24H,10-11,13-14H2,1H3. The molecular formula is C19H22N4O. The highest BCUT2D eigenvalue weighted by Gasteiger charge is 2.13. The first-order chi connectivity index (χ1) is 11.8. The van der Waals surface area contributed by atoms with E-state index in [1.165, 1.54) is 5.56 Å². The number of hydrogen-bond donors (Lipinski definition) is 1. The predicted molar refractivity (Wildman–Crippen MR) is 94.4 cm³/mol. The van der Waals surface area contributed by atoms with Gasteiger partial charge in [-0.1, -0.05) is 30.3 Å². The predicted octanol–water partition coefficient (Wildman–Crippen LogP) is 2.42. The summed E-state index contributed by atoms with van der Waals surface area (Å²) in [6.07, 6.45) is 5.69. The van der Waals surface area contributed by atoms with Crippen LogP contribution in [0.15, 0.2) is 61.1 Å². The molecule has 5 nitrogen and oxygen atoms in total. The van der Waals surface area contributed by atoms with Gasteiger partial charge in [0.2, 0.25) is 0 Å². The van der Waals surface area contributed by atoms with Crippen molar-refractivity contribution >= 4 is 0 Å². The van der Waals surface area contributed by atoms with Gasteiger partial charge >= 0.3 is 0 Å². The maximum Gasteiger partial charge on any atom is 0.0983 e. The summed E-state index contributed by atoms with van der Waals surface area (Å²) in [5, 5.41) is 13.9. The average molecular weight is 322 g/mol. The zero-order valence-corrected chi connectivity index (χ0v) is 13.8. The van der Waals surface area contributed by atoms with Gasteiger partial charge < -0.3 is 5.11 Å². The van der Waals surface area contributed by atoms with Crippen molar-refractivity contribution in [3.05, 3.63) is 72.2 Å². The lowest BCUT2D eigenvalue weighted by atomic mass is 10.1. The lowest BCUT2D eigenvalue weighted by Gasteiger charge is -2.14. The number of hydrogen-bond acceptors (Lipinski definition) is 4. The molecule has 1 aromatic carbocycles. The first kappa shape index (κ1) is 16.4. The van der Waals surface area contributed by atoms with Crippen LogP contribution in [-0.4, -0.2) is 45.0 Å². The van der Waals surface area contributed by atoms with E-state index in [9.17, 15) is 0 Å². The molecule has 124 valence electrons. The molecule has 5 heteroatoms. The van der Waals surface area contributed by atoms with E-state index in [1.54, 1.807) is 6.20 Å². The van der Waals surface area contributed by atoms with Gasteiger partial charge in [-0.2, -0.15) is 5.10 Å². The van der Waals surface area contributed by atoms with Crippen molar-refractivity contribution in [1.82, 2.24) is 19.7 Å². The summed E-state index contributed by atoms with van der Waals surface area (Å²) >= 11 is 0. The van der Waals surface area contributed by atoms with Gasteiger partial charge in [0.25, 0.3) is 0 Å². The topological polar surface area (TPSA) is 54.2 Å². The van der Waals surface area contributed by atoms with Gasteiger partial charge in [0.15, 0.2) is 0 Å². The lowest BCUT2D eigenvalue weighted by Crippen LogP contribution is -2.21. The molecule has 0 amide bonds. The minimum Gasteiger partial charge on any atom is -0.395 e. The Bertz CT molecular complexity index is 756. The third-order valence-corrected chi connectivity index (χ3v) is 3.88. The fourth-order valence-electron chi connectivity index (χ4n) is 2.72. The molecule has 0 aliphatic carbocycles. The number of aromatic nitrogens is 3. The van der Waals surface area contributed by atoms with Gasteiger partial charge in [-0.15, -0.1) is 0 Å². The van der Waals surface area contributed by atoms with Crippen LogP contribution in [0.25, 0.3) is 11.3 Å². The highest BCUT2D eigenvalue weighted by atomic mass is 16.3. The summed E-state index contributed by atoms with van der Waals surface area (Å²) in [4.78, 5) is 6.30. The van der Waals surface area contributed by atoms with Crippen LogP contribution in [0.1, 0.15) is 11.1 Å². The Hall–Kier alpha value is -2.50. The third-order valence-electron chi connectivity index (χ3n) is 3.88. The maximum atomic E-state index is 9.13. The molecule has 1 N–H and O–H groups in total. The quantitative estimate of drug-likeness (QED) is 0.726. The Kier molecular flexibility index (Phi) is 5.36. The van der Waals surface area contributed by atoms with Crippen LogP contribution in [0.3, 0.4) is 0 Å². The number of rotatable bonds is 7. The Labute approximate surface area is 142 Å². The largest absolute Gasteiger partial charge is 0.395 e. The zero-order chi connectivity index (χ0) is 16.8. The Morgan fingerprint density at radius 3 is 2.67 bits per heavy atom. The summed E-state index contributed by atoms with van der Waals surface area (Å²) in [6, 6.07) is 14.2. The molecule has 0 spiro atoms. The van der Waals surface area contributed by atoms with E-state index in [2.05, 4.69) is 28.2 Å². The molecule has 0 aliphatic heterocycles. The van der Waals surface area contributed by atoms with Crippen LogP contribution >= 0.6 is 0 Å². The van der Waals surface area contributed by atoms with E-state index in [1.807, 2.05) is 48.3 Å². The second-order valence-corrected chi connectivity index (χ2v) is 5.89. The van der Waals surface area contributed by atoms with Gasteiger partial charge in [-0.3, -0.25) is 14.6 Å². The van der Waals surface area contributed by atoms with Crippen molar-refractivity contribution in [2.45, 2.75) is 13.1 Å². The van der Waals surface area contributed by atoms with Crippen LogP contribution in [-0.2, 0) is 13.1 Å². The Balaban J connectivity index is 1.90. The number of likely N-dealkylation sites (N-methyl/N-ethyl adjacent to an activating group) is 1. The molecule has 0 saturated carbocycles. The highest BCUT2D eigenvalue weighted by molar-refractivity contribution is 5.61. The maximum absolute atomic E-state index is 9.13. The fourth-order valence-corrected chi connectivity index (χ4v) is 2.72. The molecule has 3 rings (SSSR count). The van der Waals surface area contributed by atoms with Crippen molar-refractivity contribution in [1.29, 1.82) is 0 Å². The van der Waals surface area contributed by atoms with Gasteiger partial charge in [0.05, 0.1) is 18.8 Å². The van der Waals surface area contributed by atoms with Gasteiger partial charge in [-0.05, 0) is 24.7 Å². The average Bonchev–Trinajstić information content (AvgIpc) is 2.99. The molecule has 2 aromatic heterocycles. The van der Waals surface area contributed by atoms with Crippen molar-refractivity contribution in [3.63, 3.8) is 0 Å². The molecule has 0 atom stereocenters.